The number of aromatic nitrogens is 1. The van der Waals surface area contributed by atoms with Crippen molar-refractivity contribution >= 4 is 5.97 Å². The lowest BCUT2D eigenvalue weighted by Gasteiger charge is -2.17. The highest BCUT2D eigenvalue weighted by Crippen LogP contribution is 2.15. The maximum Gasteiger partial charge on any atom is 0.323 e. The molecular weight excluding hydrogens is 304 g/mol. The highest BCUT2D eigenvalue weighted by Gasteiger charge is 2.14. The van der Waals surface area contributed by atoms with Gasteiger partial charge in [0, 0.05) is 23.0 Å². The van der Waals surface area contributed by atoms with Gasteiger partial charge in [-0.2, -0.15) is 0 Å². The molecule has 1 aromatic carbocycles. The van der Waals surface area contributed by atoms with E-state index in [9.17, 15) is 18.4 Å². The van der Waals surface area contributed by atoms with Crippen molar-refractivity contribution in [2.75, 3.05) is 0 Å². The minimum absolute atomic E-state index is 0.172. The number of halogens is 2. The lowest BCUT2D eigenvalue weighted by molar-refractivity contribution is -0.137. The average Bonchev–Trinajstić information content (AvgIpc) is 2.49. The summed E-state index contributed by atoms with van der Waals surface area (Å²) < 4.78 is 28.5. The van der Waals surface area contributed by atoms with Crippen molar-refractivity contribution in [2.24, 2.45) is 0 Å². The molecule has 0 aliphatic heterocycles. The monoisotopic (exact) mass is 321 g/mol. The van der Waals surface area contributed by atoms with E-state index >= 15 is 0 Å². The maximum absolute atomic E-state index is 13.7. The van der Waals surface area contributed by atoms with Gasteiger partial charge >= 0.3 is 5.97 Å². The van der Waals surface area contributed by atoms with E-state index in [-0.39, 0.29) is 30.4 Å². The molecule has 0 radical (unpaired) electrons. The summed E-state index contributed by atoms with van der Waals surface area (Å²) >= 11 is 0. The topological polar surface area (TPSA) is 59.3 Å². The standard InChI is InChI=1S/C17H17F2NO3/c1-10-11(2)20(9-16(22)23)13(8-15(10)21)7-6-12-4-3-5-14(18)17(12)19/h3-5,8H,6-7,9H2,1-2H3,(H,22,23). The molecular formula is C17H17F2NO3. The number of aryl methyl sites for hydroxylation is 2. The van der Waals surface area contributed by atoms with Crippen molar-refractivity contribution in [3.05, 3.63) is 68.6 Å². The molecule has 0 atom stereocenters. The van der Waals surface area contributed by atoms with Crippen LogP contribution in [-0.4, -0.2) is 15.6 Å². The van der Waals surface area contributed by atoms with Gasteiger partial charge in [-0.25, -0.2) is 8.78 Å². The average molecular weight is 321 g/mol. The number of nitrogens with zero attached hydrogens (tertiary/aromatic N) is 1. The second-order valence-corrected chi connectivity index (χ2v) is 5.40. The highest BCUT2D eigenvalue weighted by molar-refractivity contribution is 5.66. The van der Waals surface area contributed by atoms with Crippen molar-refractivity contribution in [2.45, 2.75) is 33.2 Å². The Morgan fingerprint density at radius 2 is 1.91 bits per heavy atom. The fraction of sp³-hybridized carbons (Fsp3) is 0.294. The number of carboxylic acid groups (broad SMARTS) is 1. The van der Waals surface area contributed by atoms with Gasteiger partial charge in [0.2, 0.25) is 0 Å². The first-order valence-electron chi connectivity index (χ1n) is 7.16. The van der Waals surface area contributed by atoms with Crippen LogP contribution in [-0.2, 0) is 24.2 Å². The predicted octanol–water partition coefficient (Wildman–Crippen LogP) is 2.61. The van der Waals surface area contributed by atoms with Crippen LogP contribution in [0.1, 0.15) is 22.5 Å². The third-order valence-corrected chi connectivity index (χ3v) is 3.94. The van der Waals surface area contributed by atoms with Crippen molar-refractivity contribution < 1.29 is 18.7 Å². The van der Waals surface area contributed by atoms with E-state index in [0.29, 0.717) is 17.0 Å². The molecule has 2 aromatic rings. The van der Waals surface area contributed by atoms with E-state index in [2.05, 4.69) is 0 Å². The number of hydrogen-bond donors (Lipinski definition) is 1. The molecule has 0 aliphatic carbocycles. The lowest BCUT2D eigenvalue weighted by Crippen LogP contribution is -2.22. The SMILES string of the molecule is Cc1c(C)n(CC(=O)O)c(CCc2cccc(F)c2F)cc1=O. The first-order chi connectivity index (χ1) is 10.8. The van der Waals surface area contributed by atoms with Gasteiger partial charge in [-0.1, -0.05) is 12.1 Å². The number of carbonyl (C=O) groups is 1. The van der Waals surface area contributed by atoms with Crippen molar-refractivity contribution in [1.29, 1.82) is 0 Å². The molecule has 2 rings (SSSR count). The summed E-state index contributed by atoms with van der Waals surface area (Å²) in [6.07, 6.45) is 0.412. The van der Waals surface area contributed by atoms with Crippen LogP contribution in [0.15, 0.2) is 29.1 Å². The Bertz CT molecular complexity index is 812. The third kappa shape index (κ3) is 3.64. The van der Waals surface area contributed by atoms with Crippen LogP contribution >= 0.6 is 0 Å². The van der Waals surface area contributed by atoms with E-state index in [4.69, 9.17) is 5.11 Å². The van der Waals surface area contributed by atoms with Gasteiger partial charge in [0.25, 0.3) is 0 Å². The Hall–Kier alpha value is -2.50. The molecule has 0 aliphatic rings. The molecule has 1 N–H and O–H groups in total. The molecule has 1 aromatic heterocycles. The molecule has 0 saturated carbocycles. The fourth-order valence-corrected chi connectivity index (χ4v) is 2.50. The number of aliphatic carboxylic acids is 1. The van der Waals surface area contributed by atoms with Gasteiger partial charge < -0.3 is 9.67 Å². The smallest absolute Gasteiger partial charge is 0.323 e. The van der Waals surface area contributed by atoms with Gasteiger partial charge in [-0.3, -0.25) is 9.59 Å². The van der Waals surface area contributed by atoms with Crippen molar-refractivity contribution in [3.63, 3.8) is 0 Å². The zero-order valence-electron chi connectivity index (χ0n) is 12.9. The number of benzene rings is 1. The lowest BCUT2D eigenvalue weighted by atomic mass is 10.0. The second kappa shape index (κ2) is 6.73. The molecule has 0 bridgehead atoms. The Morgan fingerprint density at radius 1 is 1.22 bits per heavy atom. The molecule has 0 amide bonds. The zero-order valence-corrected chi connectivity index (χ0v) is 12.9. The van der Waals surface area contributed by atoms with Crippen LogP contribution in [0.5, 0.6) is 0 Å². The first-order valence-corrected chi connectivity index (χ1v) is 7.16. The molecule has 6 heteroatoms. The molecule has 1 heterocycles. The van der Waals surface area contributed by atoms with E-state index in [0.717, 1.165) is 6.07 Å². The van der Waals surface area contributed by atoms with E-state index in [1.807, 2.05) is 0 Å². The maximum atomic E-state index is 13.7. The molecule has 0 unspecified atom stereocenters. The van der Waals surface area contributed by atoms with Gasteiger partial charge in [0.1, 0.15) is 6.54 Å². The molecule has 23 heavy (non-hydrogen) atoms. The summed E-state index contributed by atoms with van der Waals surface area (Å²) in [5, 5.41) is 9.03. The van der Waals surface area contributed by atoms with E-state index in [1.165, 1.54) is 22.8 Å². The summed E-state index contributed by atoms with van der Waals surface area (Å²) in [4.78, 5) is 23.0. The normalized spacial score (nSPS) is 10.8. The second-order valence-electron chi connectivity index (χ2n) is 5.40. The minimum Gasteiger partial charge on any atom is -0.480 e. The van der Waals surface area contributed by atoms with Crippen LogP contribution in [0.4, 0.5) is 8.78 Å². The third-order valence-electron chi connectivity index (χ3n) is 3.94. The summed E-state index contributed by atoms with van der Waals surface area (Å²) in [7, 11) is 0. The van der Waals surface area contributed by atoms with Crippen LogP contribution in [0.25, 0.3) is 0 Å². The first kappa shape index (κ1) is 16.9. The van der Waals surface area contributed by atoms with Crippen LogP contribution in [0, 0.1) is 25.5 Å². The zero-order chi connectivity index (χ0) is 17.1. The molecule has 0 spiro atoms. The minimum atomic E-state index is -1.03. The number of pyridine rings is 1. The molecule has 4 nitrogen and oxygen atoms in total. The van der Waals surface area contributed by atoms with Crippen molar-refractivity contribution in [3.8, 4) is 0 Å². The summed E-state index contributed by atoms with van der Waals surface area (Å²) in [5.41, 5.74) is 1.53. The van der Waals surface area contributed by atoms with Gasteiger partial charge in [-0.05, 0) is 38.3 Å². The molecule has 0 fully saturated rings. The van der Waals surface area contributed by atoms with Gasteiger partial charge in [0.05, 0.1) is 0 Å². The van der Waals surface area contributed by atoms with Crippen molar-refractivity contribution in [1.82, 2.24) is 4.57 Å². The molecule has 122 valence electrons. The quantitative estimate of drug-likeness (QED) is 0.921. The Morgan fingerprint density at radius 3 is 2.57 bits per heavy atom. The van der Waals surface area contributed by atoms with Crippen LogP contribution < -0.4 is 5.43 Å². The highest BCUT2D eigenvalue weighted by atomic mass is 19.2. The fourth-order valence-electron chi connectivity index (χ4n) is 2.50. The Balaban J connectivity index is 2.37. The summed E-state index contributed by atoms with van der Waals surface area (Å²) in [5.74, 6) is -2.87. The van der Waals surface area contributed by atoms with Gasteiger partial charge in [-0.15, -0.1) is 0 Å². The number of rotatable bonds is 5. The van der Waals surface area contributed by atoms with Crippen LogP contribution in [0.2, 0.25) is 0 Å². The Labute approximate surface area is 132 Å². The summed E-state index contributed by atoms with van der Waals surface area (Å²) in [6.45, 7) is 3.02. The largest absolute Gasteiger partial charge is 0.480 e. The molecule has 0 saturated heterocycles. The van der Waals surface area contributed by atoms with E-state index < -0.39 is 17.6 Å². The summed E-state index contributed by atoms with van der Waals surface area (Å²) in [6, 6.07) is 5.29. The predicted molar refractivity (Wildman–Crippen MR) is 81.6 cm³/mol. The number of carboxylic acids is 1. The Kier molecular flexibility index (Phi) is 4.93. The van der Waals surface area contributed by atoms with E-state index in [1.54, 1.807) is 13.8 Å². The van der Waals surface area contributed by atoms with Gasteiger partial charge in [0.15, 0.2) is 17.1 Å². The number of hydrogen-bond acceptors (Lipinski definition) is 2. The van der Waals surface area contributed by atoms with Crippen LogP contribution in [0.3, 0.4) is 0 Å².